The maximum atomic E-state index is 11.7. The molecule has 0 amide bonds. The first-order valence-corrected chi connectivity index (χ1v) is 5.98. The summed E-state index contributed by atoms with van der Waals surface area (Å²) in [5.41, 5.74) is 2.32. The van der Waals surface area contributed by atoms with E-state index in [4.69, 9.17) is 12.2 Å². The van der Waals surface area contributed by atoms with E-state index >= 15 is 0 Å². The van der Waals surface area contributed by atoms with Crippen molar-refractivity contribution < 1.29 is 9.90 Å². The zero-order valence-electron chi connectivity index (χ0n) is 10.2. The number of phenols is 1. The minimum absolute atomic E-state index is 0.00641. The molecule has 0 radical (unpaired) electrons. The van der Waals surface area contributed by atoms with E-state index in [0.29, 0.717) is 10.7 Å². The van der Waals surface area contributed by atoms with Crippen LogP contribution in [-0.4, -0.2) is 16.0 Å². The summed E-state index contributed by atoms with van der Waals surface area (Å²) in [7, 11) is 0. The quantitative estimate of drug-likeness (QED) is 0.709. The molecule has 0 saturated heterocycles. The molecule has 0 fully saturated rings. The third-order valence-corrected chi connectivity index (χ3v) is 3.09. The molecule has 0 saturated carbocycles. The van der Waals surface area contributed by atoms with E-state index in [9.17, 15) is 9.90 Å². The Morgan fingerprint density at radius 1 is 1.33 bits per heavy atom. The van der Waals surface area contributed by atoms with Crippen LogP contribution in [0.1, 0.15) is 25.5 Å². The van der Waals surface area contributed by atoms with Crippen LogP contribution in [0, 0.1) is 0 Å². The van der Waals surface area contributed by atoms with Gasteiger partial charge in [0.25, 0.3) is 0 Å². The summed E-state index contributed by atoms with van der Waals surface area (Å²) >= 11 is 5.11. The van der Waals surface area contributed by atoms with Crippen molar-refractivity contribution in [2.75, 3.05) is 0 Å². The Bertz CT molecular complexity index is 534. The van der Waals surface area contributed by atoms with Gasteiger partial charge >= 0.3 is 0 Å². The number of rotatable bonds is 2. The summed E-state index contributed by atoms with van der Waals surface area (Å²) in [6.45, 7) is 3.36. The second-order valence-corrected chi connectivity index (χ2v) is 4.63. The molecule has 0 spiro atoms. The molecule has 1 aliphatic heterocycles. The predicted octanol–water partition coefficient (Wildman–Crippen LogP) is 1.77. The molecule has 0 bridgehead atoms. The number of carbonyl (C=O) groups excluding carboxylic acids is 1. The highest BCUT2D eigenvalue weighted by molar-refractivity contribution is 7.80. The van der Waals surface area contributed by atoms with E-state index < -0.39 is 0 Å². The molecule has 0 aromatic heterocycles. The van der Waals surface area contributed by atoms with Gasteiger partial charge in [-0.15, -0.1) is 0 Å². The Morgan fingerprint density at radius 3 is 2.50 bits per heavy atom. The molecule has 1 heterocycles. The highest BCUT2D eigenvalue weighted by atomic mass is 32.1. The molecule has 2 rings (SSSR count). The average Bonchev–Trinajstić information content (AvgIpc) is 2.28. The molecule has 1 aliphatic rings. The van der Waals surface area contributed by atoms with Crippen molar-refractivity contribution in [3.8, 4) is 5.75 Å². The molecule has 3 N–H and O–H groups in total. The lowest BCUT2D eigenvalue weighted by Crippen LogP contribution is -2.44. The van der Waals surface area contributed by atoms with Gasteiger partial charge in [-0.1, -0.05) is 12.1 Å². The zero-order valence-corrected chi connectivity index (χ0v) is 11.0. The monoisotopic (exact) mass is 262 g/mol. The maximum absolute atomic E-state index is 11.7. The Balaban J connectivity index is 2.46. The molecular formula is C13H14N2O2S. The third-order valence-electron chi connectivity index (χ3n) is 2.87. The average molecular weight is 262 g/mol. The lowest BCUT2D eigenvalue weighted by molar-refractivity contribution is -0.114. The van der Waals surface area contributed by atoms with Crippen molar-refractivity contribution >= 4 is 23.1 Å². The standard InChI is InChI=1S/C13H14N2O2S/c1-7-11(8(2)16)12(15-13(18)14-7)9-3-5-10(17)6-4-9/h3-6,12,17H,1-2H3,(H2,14,15,18)/t12-/m0/s1. The minimum atomic E-state index is -0.267. The van der Waals surface area contributed by atoms with Crippen LogP contribution in [-0.2, 0) is 4.79 Å². The van der Waals surface area contributed by atoms with Crippen LogP contribution in [0.15, 0.2) is 35.5 Å². The fourth-order valence-corrected chi connectivity index (χ4v) is 2.35. The molecule has 4 nitrogen and oxygen atoms in total. The summed E-state index contributed by atoms with van der Waals surface area (Å²) < 4.78 is 0. The number of phenolic OH excluding ortho intramolecular Hbond substituents is 1. The normalized spacial score (nSPS) is 19.2. The number of benzene rings is 1. The first kappa shape index (κ1) is 12.6. The third kappa shape index (κ3) is 2.36. The number of carbonyl (C=O) groups is 1. The molecule has 0 aliphatic carbocycles. The van der Waals surface area contributed by atoms with Crippen molar-refractivity contribution in [1.82, 2.24) is 10.6 Å². The topological polar surface area (TPSA) is 61.4 Å². The number of hydrogen-bond donors (Lipinski definition) is 3. The number of aromatic hydroxyl groups is 1. The van der Waals surface area contributed by atoms with Gasteiger partial charge in [0.05, 0.1) is 6.04 Å². The van der Waals surface area contributed by atoms with E-state index in [0.717, 1.165) is 11.3 Å². The van der Waals surface area contributed by atoms with Gasteiger partial charge in [-0.25, -0.2) is 0 Å². The maximum Gasteiger partial charge on any atom is 0.171 e. The molecular weight excluding hydrogens is 248 g/mol. The highest BCUT2D eigenvalue weighted by Crippen LogP contribution is 2.28. The number of nitrogens with one attached hydrogen (secondary N) is 2. The first-order chi connectivity index (χ1) is 8.49. The largest absolute Gasteiger partial charge is 0.508 e. The van der Waals surface area contributed by atoms with Gasteiger partial charge in [-0.05, 0) is 43.8 Å². The van der Waals surface area contributed by atoms with E-state index in [-0.39, 0.29) is 17.6 Å². The lowest BCUT2D eigenvalue weighted by Gasteiger charge is -2.29. The van der Waals surface area contributed by atoms with Gasteiger partial charge in [0.15, 0.2) is 10.9 Å². The smallest absolute Gasteiger partial charge is 0.171 e. The van der Waals surface area contributed by atoms with E-state index in [1.807, 2.05) is 6.92 Å². The van der Waals surface area contributed by atoms with E-state index in [1.165, 1.54) is 6.92 Å². The Hall–Kier alpha value is -1.88. The van der Waals surface area contributed by atoms with Gasteiger partial charge in [0.1, 0.15) is 5.75 Å². The van der Waals surface area contributed by atoms with Crippen LogP contribution < -0.4 is 10.6 Å². The number of hydrogen-bond acceptors (Lipinski definition) is 3. The van der Waals surface area contributed by atoms with Gasteiger partial charge in [-0.3, -0.25) is 4.79 Å². The molecule has 1 aromatic carbocycles. The van der Waals surface area contributed by atoms with Crippen molar-refractivity contribution in [3.63, 3.8) is 0 Å². The Labute approximate surface area is 111 Å². The van der Waals surface area contributed by atoms with Crippen molar-refractivity contribution in [2.45, 2.75) is 19.9 Å². The molecule has 94 valence electrons. The number of Topliss-reactive ketones (excluding diaryl/α,β-unsaturated/α-hetero) is 1. The number of ketones is 1. The second kappa shape index (κ2) is 4.78. The number of thiocarbonyl (C=S) groups is 1. The summed E-state index contributed by atoms with van der Waals surface area (Å²) in [5.74, 6) is 0.188. The number of allylic oxidation sites excluding steroid dienone is 1. The van der Waals surface area contributed by atoms with Gasteiger partial charge < -0.3 is 15.7 Å². The Kier molecular flexibility index (Phi) is 3.34. The van der Waals surface area contributed by atoms with E-state index in [2.05, 4.69) is 10.6 Å². The fraction of sp³-hybridized carbons (Fsp3) is 0.231. The van der Waals surface area contributed by atoms with Crippen molar-refractivity contribution in [2.24, 2.45) is 0 Å². The van der Waals surface area contributed by atoms with E-state index in [1.54, 1.807) is 24.3 Å². The zero-order chi connectivity index (χ0) is 13.3. The fourth-order valence-electron chi connectivity index (χ4n) is 2.08. The van der Waals surface area contributed by atoms with Crippen LogP contribution in [0.3, 0.4) is 0 Å². The highest BCUT2D eigenvalue weighted by Gasteiger charge is 2.27. The molecule has 18 heavy (non-hydrogen) atoms. The van der Waals surface area contributed by atoms with Crippen LogP contribution in [0.5, 0.6) is 5.75 Å². The van der Waals surface area contributed by atoms with Crippen LogP contribution >= 0.6 is 12.2 Å². The summed E-state index contributed by atoms with van der Waals surface area (Å²) in [5, 5.41) is 15.8. The van der Waals surface area contributed by atoms with Gasteiger partial charge in [0, 0.05) is 11.3 Å². The summed E-state index contributed by atoms with van der Waals surface area (Å²) in [6.07, 6.45) is 0. The summed E-state index contributed by atoms with van der Waals surface area (Å²) in [6, 6.07) is 6.47. The van der Waals surface area contributed by atoms with Crippen LogP contribution in [0.4, 0.5) is 0 Å². The minimum Gasteiger partial charge on any atom is -0.508 e. The van der Waals surface area contributed by atoms with Gasteiger partial charge in [0.2, 0.25) is 0 Å². The molecule has 5 heteroatoms. The molecule has 1 aromatic rings. The molecule has 1 atom stereocenters. The van der Waals surface area contributed by atoms with Crippen LogP contribution in [0.25, 0.3) is 0 Å². The predicted molar refractivity (Wildman–Crippen MR) is 73.1 cm³/mol. The molecule has 0 unspecified atom stereocenters. The lowest BCUT2D eigenvalue weighted by atomic mass is 9.93. The first-order valence-electron chi connectivity index (χ1n) is 5.57. The summed E-state index contributed by atoms with van der Waals surface area (Å²) in [4.78, 5) is 11.7. The van der Waals surface area contributed by atoms with Crippen molar-refractivity contribution in [1.29, 1.82) is 0 Å². The van der Waals surface area contributed by atoms with Gasteiger partial charge in [-0.2, -0.15) is 0 Å². The van der Waals surface area contributed by atoms with Crippen molar-refractivity contribution in [3.05, 3.63) is 41.1 Å². The Morgan fingerprint density at radius 2 is 1.94 bits per heavy atom. The SMILES string of the molecule is CC(=O)C1=C(C)NC(=S)N[C@H]1c1ccc(O)cc1. The van der Waals surface area contributed by atoms with Crippen LogP contribution in [0.2, 0.25) is 0 Å². The second-order valence-electron chi connectivity index (χ2n) is 4.22.